The summed E-state index contributed by atoms with van der Waals surface area (Å²) in [5.41, 5.74) is 3.60. The maximum absolute atomic E-state index is 12.4. The Bertz CT molecular complexity index is 843. The predicted molar refractivity (Wildman–Crippen MR) is 130 cm³/mol. The van der Waals surface area contributed by atoms with E-state index in [9.17, 15) is 9.59 Å². The van der Waals surface area contributed by atoms with Gasteiger partial charge in [0.05, 0.1) is 26.4 Å². The normalized spacial score (nSPS) is 17.3. The molecule has 0 bridgehead atoms. The van der Waals surface area contributed by atoms with E-state index in [1.807, 2.05) is 48.5 Å². The molecule has 0 aliphatic carbocycles. The van der Waals surface area contributed by atoms with Crippen LogP contribution >= 0.6 is 0 Å². The van der Waals surface area contributed by atoms with Gasteiger partial charge in [-0.2, -0.15) is 0 Å². The van der Waals surface area contributed by atoms with Crippen molar-refractivity contribution in [3.63, 3.8) is 0 Å². The lowest BCUT2D eigenvalue weighted by Gasteiger charge is -2.26. The highest BCUT2D eigenvalue weighted by Crippen LogP contribution is 2.10. The topological polar surface area (TPSA) is 83.1 Å². The van der Waals surface area contributed by atoms with E-state index in [0.717, 1.165) is 65.7 Å². The van der Waals surface area contributed by atoms with Crippen LogP contribution in [-0.2, 0) is 22.6 Å². The molecule has 4 rings (SSSR count). The molecule has 2 aromatic rings. The van der Waals surface area contributed by atoms with E-state index in [-0.39, 0.29) is 11.8 Å². The van der Waals surface area contributed by atoms with Crippen LogP contribution in [0.3, 0.4) is 0 Å². The van der Waals surface area contributed by atoms with Crippen LogP contribution in [0.4, 0.5) is 0 Å². The van der Waals surface area contributed by atoms with Gasteiger partial charge in [0.2, 0.25) is 0 Å². The zero-order valence-electron chi connectivity index (χ0n) is 19.6. The first kappa shape index (κ1) is 24.3. The molecule has 2 saturated heterocycles. The lowest BCUT2D eigenvalue weighted by atomic mass is 10.1. The van der Waals surface area contributed by atoms with Gasteiger partial charge in [0, 0.05) is 63.5 Å². The zero-order valence-corrected chi connectivity index (χ0v) is 19.6. The van der Waals surface area contributed by atoms with Crippen molar-refractivity contribution in [2.75, 3.05) is 65.7 Å². The summed E-state index contributed by atoms with van der Waals surface area (Å²) in [6.07, 6.45) is 0. The van der Waals surface area contributed by atoms with Gasteiger partial charge in [-0.3, -0.25) is 19.4 Å². The number of benzene rings is 2. The quantitative estimate of drug-likeness (QED) is 0.545. The molecule has 2 amide bonds. The molecular weight excluding hydrogens is 432 g/mol. The number of morpholine rings is 2. The van der Waals surface area contributed by atoms with Crippen LogP contribution in [0.15, 0.2) is 48.5 Å². The van der Waals surface area contributed by atoms with E-state index in [2.05, 4.69) is 20.4 Å². The standard InChI is InChI=1S/C26H34N4O4/c31-25(23-5-1-21(2-6-23)19-29-11-15-33-16-12-29)27-9-10-28-26(32)24-7-3-22(4-8-24)20-30-13-17-34-18-14-30/h1-8H,9-20H2,(H,27,31)(H,28,32). The van der Waals surface area contributed by atoms with Crippen molar-refractivity contribution >= 4 is 11.8 Å². The maximum Gasteiger partial charge on any atom is 0.251 e. The minimum absolute atomic E-state index is 0.139. The van der Waals surface area contributed by atoms with Crippen LogP contribution < -0.4 is 10.6 Å². The number of ether oxygens (including phenoxy) is 2. The Kier molecular flexibility index (Phi) is 9.04. The summed E-state index contributed by atoms with van der Waals surface area (Å²) in [6.45, 7) is 9.32. The van der Waals surface area contributed by atoms with Gasteiger partial charge in [0.1, 0.15) is 0 Å². The zero-order chi connectivity index (χ0) is 23.6. The average Bonchev–Trinajstić information content (AvgIpc) is 2.88. The molecule has 2 fully saturated rings. The fourth-order valence-corrected chi connectivity index (χ4v) is 4.11. The average molecular weight is 467 g/mol. The van der Waals surface area contributed by atoms with Crippen molar-refractivity contribution in [1.82, 2.24) is 20.4 Å². The van der Waals surface area contributed by atoms with Crippen molar-refractivity contribution in [3.05, 3.63) is 70.8 Å². The van der Waals surface area contributed by atoms with Gasteiger partial charge in [-0.25, -0.2) is 0 Å². The number of hydrogen-bond donors (Lipinski definition) is 2. The number of amides is 2. The summed E-state index contributed by atoms with van der Waals surface area (Å²) in [4.78, 5) is 29.5. The molecule has 2 heterocycles. The van der Waals surface area contributed by atoms with Gasteiger partial charge in [0.25, 0.3) is 11.8 Å². The van der Waals surface area contributed by atoms with Gasteiger partial charge in [-0.15, -0.1) is 0 Å². The third kappa shape index (κ3) is 7.36. The van der Waals surface area contributed by atoms with Gasteiger partial charge in [-0.1, -0.05) is 24.3 Å². The summed E-state index contributed by atoms with van der Waals surface area (Å²) in [5, 5.41) is 5.73. The van der Waals surface area contributed by atoms with Gasteiger partial charge in [0.15, 0.2) is 0 Å². The summed E-state index contributed by atoms with van der Waals surface area (Å²) in [6, 6.07) is 15.4. The fraction of sp³-hybridized carbons (Fsp3) is 0.462. The molecular formula is C26H34N4O4. The number of nitrogens with one attached hydrogen (secondary N) is 2. The van der Waals surface area contributed by atoms with Crippen molar-refractivity contribution in [3.8, 4) is 0 Å². The first-order chi connectivity index (χ1) is 16.7. The second kappa shape index (κ2) is 12.6. The fourth-order valence-electron chi connectivity index (χ4n) is 4.11. The Morgan fingerprint density at radius 1 is 0.618 bits per heavy atom. The lowest BCUT2D eigenvalue weighted by Crippen LogP contribution is -2.36. The van der Waals surface area contributed by atoms with Crippen LogP contribution in [0, 0.1) is 0 Å². The molecule has 8 heteroatoms. The summed E-state index contributed by atoms with van der Waals surface area (Å²) in [7, 11) is 0. The number of carbonyl (C=O) groups is 2. The molecule has 0 saturated carbocycles. The van der Waals surface area contributed by atoms with Crippen molar-refractivity contribution < 1.29 is 19.1 Å². The lowest BCUT2D eigenvalue weighted by molar-refractivity contribution is 0.0341. The largest absolute Gasteiger partial charge is 0.379 e. The second-order valence-corrected chi connectivity index (χ2v) is 8.68. The molecule has 182 valence electrons. The van der Waals surface area contributed by atoms with Crippen LogP contribution in [-0.4, -0.2) is 87.3 Å². The molecule has 2 N–H and O–H groups in total. The van der Waals surface area contributed by atoms with Crippen molar-refractivity contribution in [2.24, 2.45) is 0 Å². The van der Waals surface area contributed by atoms with Gasteiger partial charge in [-0.05, 0) is 35.4 Å². The van der Waals surface area contributed by atoms with Crippen LogP contribution in [0.5, 0.6) is 0 Å². The Balaban J connectivity index is 1.15. The Labute approximate surface area is 201 Å². The van der Waals surface area contributed by atoms with E-state index in [0.29, 0.717) is 24.2 Å². The minimum atomic E-state index is -0.139. The predicted octanol–water partition coefficient (Wildman–Crippen LogP) is 1.51. The summed E-state index contributed by atoms with van der Waals surface area (Å²) in [5.74, 6) is -0.278. The monoisotopic (exact) mass is 466 g/mol. The molecule has 0 radical (unpaired) electrons. The van der Waals surface area contributed by atoms with E-state index in [1.165, 1.54) is 11.1 Å². The molecule has 2 aliphatic rings. The van der Waals surface area contributed by atoms with Crippen LogP contribution in [0.25, 0.3) is 0 Å². The first-order valence-corrected chi connectivity index (χ1v) is 12.0. The molecule has 2 aliphatic heterocycles. The highest BCUT2D eigenvalue weighted by atomic mass is 16.5. The summed E-state index contributed by atoms with van der Waals surface area (Å²) < 4.78 is 10.8. The number of carbonyl (C=O) groups excluding carboxylic acids is 2. The van der Waals surface area contributed by atoms with Crippen molar-refractivity contribution in [2.45, 2.75) is 13.1 Å². The molecule has 0 spiro atoms. The van der Waals surface area contributed by atoms with E-state index in [1.54, 1.807) is 0 Å². The highest BCUT2D eigenvalue weighted by molar-refractivity contribution is 5.95. The number of hydrogen-bond acceptors (Lipinski definition) is 6. The minimum Gasteiger partial charge on any atom is -0.379 e. The summed E-state index contributed by atoms with van der Waals surface area (Å²) >= 11 is 0. The van der Waals surface area contributed by atoms with E-state index < -0.39 is 0 Å². The molecule has 0 aromatic heterocycles. The third-order valence-corrected chi connectivity index (χ3v) is 6.15. The molecule has 2 aromatic carbocycles. The van der Waals surface area contributed by atoms with Gasteiger partial charge >= 0.3 is 0 Å². The molecule has 8 nitrogen and oxygen atoms in total. The van der Waals surface area contributed by atoms with Crippen LogP contribution in [0.2, 0.25) is 0 Å². The SMILES string of the molecule is O=C(NCCNC(=O)c1ccc(CN2CCOCC2)cc1)c1ccc(CN2CCOCC2)cc1. The van der Waals surface area contributed by atoms with E-state index >= 15 is 0 Å². The Morgan fingerprint density at radius 2 is 0.971 bits per heavy atom. The van der Waals surface area contributed by atoms with Crippen molar-refractivity contribution in [1.29, 1.82) is 0 Å². The maximum atomic E-state index is 12.4. The first-order valence-electron chi connectivity index (χ1n) is 12.0. The molecule has 34 heavy (non-hydrogen) atoms. The van der Waals surface area contributed by atoms with Crippen LogP contribution in [0.1, 0.15) is 31.8 Å². The molecule has 0 unspecified atom stereocenters. The Morgan fingerprint density at radius 3 is 1.32 bits per heavy atom. The molecule has 0 atom stereocenters. The third-order valence-electron chi connectivity index (χ3n) is 6.15. The van der Waals surface area contributed by atoms with E-state index in [4.69, 9.17) is 9.47 Å². The Hall–Kier alpha value is -2.78. The smallest absolute Gasteiger partial charge is 0.251 e. The number of nitrogens with zero attached hydrogens (tertiary/aromatic N) is 2. The second-order valence-electron chi connectivity index (χ2n) is 8.68. The highest BCUT2D eigenvalue weighted by Gasteiger charge is 2.13. The van der Waals surface area contributed by atoms with Gasteiger partial charge < -0.3 is 20.1 Å². The number of rotatable bonds is 9.